The van der Waals surface area contributed by atoms with Crippen LogP contribution in [0, 0.1) is 61.7 Å². The number of rotatable bonds is 22. The van der Waals surface area contributed by atoms with Crippen molar-refractivity contribution in [2.75, 3.05) is 0 Å². The number of esters is 7. The van der Waals surface area contributed by atoms with E-state index in [1.54, 1.807) is 6.07 Å². The van der Waals surface area contributed by atoms with E-state index in [1.165, 1.54) is 22.1 Å². The predicted molar refractivity (Wildman–Crippen MR) is 567 cm³/mol. The lowest BCUT2D eigenvalue weighted by Gasteiger charge is -2.20. The molecule has 14 nitrogen and oxygen atoms in total. The minimum absolute atomic E-state index is 0.0567. The summed E-state index contributed by atoms with van der Waals surface area (Å²) in [6.45, 7) is 35.6. The van der Waals surface area contributed by atoms with Gasteiger partial charge in [0.05, 0.1) is 45.9 Å². The van der Waals surface area contributed by atoms with E-state index in [0.29, 0.717) is 51.1 Å². The van der Waals surface area contributed by atoms with Gasteiger partial charge < -0.3 is 33.2 Å². The number of fused-ring (bicyclic) bond motifs is 9. The maximum Gasteiger partial charge on any atom is 0.314 e. The van der Waals surface area contributed by atoms with E-state index in [-0.39, 0.29) is 82.7 Å². The Labute approximate surface area is 826 Å². The molecular formula is C118H122Br2Cl2O14. The van der Waals surface area contributed by atoms with Crippen LogP contribution in [0.25, 0.3) is 97.0 Å². The molecule has 0 heterocycles. The smallest absolute Gasteiger partial charge is 0.314 e. The molecule has 0 N–H and O–H groups in total. The summed E-state index contributed by atoms with van der Waals surface area (Å²) >= 11 is 19.6. The second-order valence-corrected chi connectivity index (χ2v) is 37.5. The fraction of sp³-hybridized carbons (Fsp3) is 0.280. The van der Waals surface area contributed by atoms with Crippen LogP contribution in [0.5, 0.6) is 34.5 Å². The van der Waals surface area contributed by atoms with Gasteiger partial charge in [0.25, 0.3) is 0 Å². The second kappa shape index (κ2) is 50.5. The van der Waals surface area contributed by atoms with Gasteiger partial charge in [-0.05, 0) is 210 Å². The Morgan fingerprint density at radius 1 is 0.301 bits per heavy atom. The Hall–Kier alpha value is -12.3. The second-order valence-electron chi connectivity index (χ2n) is 35.0. The molecule has 706 valence electrons. The van der Waals surface area contributed by atoms with Crippen molar-refractivity contribution in [3.63, 3.8) is 0 Å². The predicted octanol–water partition coefficient (Wildman–Crippen LogP) is 33.1. The maximum atomic E-state index is 12.3. The van der Waals surface area contributed by atoms with Gasteiger partial charge in [0.2, 0.25) is 0 Å². The van der Waals surface area contributed by atoms with E-state index >= 15 is 0 Å². The lowest BCUT2D eigenvalue weighted by atomic mass is 9.91. The van der Waals surface area contributed by atoms with Crippen LogP contribution < -0.4 is 28.4 Å². The summed E-state index contributed by atoms with van der Waals surface area (Å²) in [5.74, 6) is 1.99. The van der Waals surface area contributed by atoms with Crippen molar-refractivity contribution >= 4 is 194 Å². The van der Waals surface area contributed by atoms with Crippen LogP contribution in [0.2, 0.25) is 10.0 Å². The molecule has 0 bridgehead atoms. The van der Waals surface area contributed by atoms with E-state index in [2.05, 4.69) is 70.0 Å². The maximum absolute atomic E-state index is 12.3. The van der Waals surface area contributed by atoms with Crippen LogP contribution in [0.1, 0.15) is 171 Å². The lowest BCUT2D eigenvalue weighted by molar-refractivity contribution is -0.155. The van der Waals surface area contributed by atoms with Gasteiger partial charge in [0, 0.05) is 67.8 Å². The molecule has 6 unspecified atom stereocenters. The molecule has 0 saturated carbocycles. The topological polar surface area (TPSA) is 184 Å². The first-order valence-electron chi connectivity index (χ1n) is 46.6. The van der Waals surface area contributed by atoms with Crippen molar-refractivity contribution in [1.29, 1.82) is 0 Å². The van der Waals surface area contributed by atoms with Gasteiger partial charge in [-0.3, -0.25) is 33.6 Å². The molecule has 16 aromatic carbocycles. The van der Waals surface area contributed by atoms with Crippen molar-refractivity contribution in [3.05, 3.63) is 320 Å². The van der Waals surface area contributed by atoms with Gasteiger partial charge in [-0.2, -0.15) is 0 Å². The fourth-order valence-corrected chi connectivity index (χ4v) is 15.6. The Morgan fingerprint density at radius 2 is 0.574 bits per heavy atom. The SMILES string of the molecule is CCC(C)(C)C(=O)OCc1ccc(C)cc1.CCC(C)C(=O)Oc1c2ccccc2c(Br)c2ccccc12.CCC(C)C(=O)Oc1c2ccccc2c(C)c2ccccc12.CCC(C)C(=O)Oc1c2ccccc2c(Cl)c2ccccc12.CCC(C)C(=O)Oc1ccc2cc(Br)ccc2c1.CCC(C)C(=O)Oc1ccc2cc(C)ccc2c1.CCC(C)C(=O)Oc1ccc2cc(Cl)ccc2c1. The summed E-state index contributed by atoms with van der Waals surface area (Å²) in [6.07, 6.45) is 5.46. The highest BCUT2D eigenvalue weighted by molar-refractivity contribution is 9.11. The van der Waals surface area contributed by atoms with Crippen LogP contribution in [-0.2, 0) is 44.9 Å². The average Bonchev–Trinajstić information content (AvgIpc) is 0.763. The molecule has 16 rings (SSSR count). The van der Waals surface area contributed by atoms with Crippen molar-refractivity contribution in [3.8, 4) is 34.5 Å². The molecule has 6 atom stereocenters. The molecule has 0 amide bonds. The summed E-state index contributed by atoms with van der Waals surface area (Å²) in [4.78, 5) is 83.7. The minimum atomic E-state index is -0.384. The molecule has 0 fully saturated rings. The summed E-state index contributed by atoms with van der Waals surface area (Å²) < 4.78 is 40.8. The molecule has 0 aromatic heterocycles. The fourth-order valence-electron chi connectivity index (χ4n) is 14.1. The highest BCUT2D eigenvalue weighted by Gasteiger charge is 2.28. The standard InChI is InChI=1S/C20H20O2.C19H17BrO2.C19H17ClO2.C16H18O2.C15H15BrO2.C15H15ClO2.C14H20O2/c1-4-13(2)20(21)22-19-17-11-7-5-9-15(17)14(3)16-10-6-8-12-18(16)19;2*1-3-12(2)19(21)22-18-15-10-6-4-8-13(15)17(20)14-9-5-7-11-16(14)18;1-4-12(3)16(17)18-15-8-7-13-9-11(2)5-6-14(13)10-15;2*1-3-10(2)15(17)18-14-7-5-11-8-13(16)6-4-12(11)9-14;1-5-14(3,4)13(15)16-10-12-8-6-11(2)7-9-12/h5-13H,4H2,1-3H3;2*4-12H,3H2,1-2H3;5-10,12H,4H2,1-3H3;2*4-10H,3H2,1-2H3;6-9H,5,10H2,1-4H3. The quantitative estimate of drug-likeness (QED) is 0.0355. The van der Waals surface area contributed by atoms with Crippen molar-refractivity contribution < 1.29 is 66.7 Å². The Morgan fingerprint density at radius 3 is 0.926 bits per heavy atom. The van der Waals surface area contributed by atoms with Crippen LogP contribution >= 0.6 is 55.1 Å². The number of hydrogen-bond donors (Lipinski definition) is 0. The van der Waals surface area contributed by atoms with E-state index in [4.69, 9.17) is 56.4 Å². The third kappa shape index (κ3) is 28.0. The molecular weight excluding hydrogens is 1870 g/mol. The first kappa shape index (κ1) is 106. The number of benzene rings is 16. The van der Waals surface area contributed by atoms with Gasteiger partial charge in [-0.25, -0.2) is 0 Å². The molecule has 136 heavy (non-hydrogen) atoms. The number of halogens is 4. The average molecular weight is 1990 g/mol. The number of carbonyl (C=O) groups excluding carboxylic acids is 7. The molecule has 0 aliphatic rings. The van der Waals surface area contributed by atoms with Gasteiger partial charge in [-0.15, -0.1) is 0 Å². The van der Waals surface area contributed by atoms with Gasteiger partial charge in [-0.1, -0.05) is 359 Å². The lowest BCUT2D eigenvalue weighted by Crippen LogP contribution is -2.25. The molecule has 0 aliphatic carbocycles. The number of aryl methyl sites for hydroxylation is 3. The minimum Gasteiger partial charge on any atom is -0.460 e. The van der Waals surface area contributed by atoms with Gasteiger partial charge >= 0.3 is 41.8 Å². The first-order valence-corrected chi connectivity index (χ1v) is 49.0. The Kier molecular flexibility index (Phi) is 39.3. The summed E-state index contributed by atoms with van der Waals surface area (Å²) in [5.41, 5.74) is 4.31. The summed E-state index contributed by atoms with van der Waals surface area (Å²) in [6, 6.07) is 90.5. The molecule has 0 radical (unpaired) electrons. The Balaban J connectivity index is 0.000000165. The van der Waals surface area contributed by atoms with E-state index in [9.17, 15) is 33.6 Å². The summed E-state index contributed by atoms with van der Waals surface area (Å²) in [7, 11) is 0. The molecule has 0 saturated heterocycles. The normalized spacial score (nSPS) is 12.3. The number of ether oxygens (including phenoxy) is 7. The number of hydrogen-bond acceptors (Lipinski definition) is 14. The van der Waals surface area contributed by atoms with Crippen LogP contribution in [-0.4, -0.2) is 41.8 Å². The monoisotopic (exact) mass is 1990 g/mol. The largest absolute Gasteiger partial charge is 0.460 e. The van der Waals surface area contributed by atoms with Crippen molar-refractivity contribution in [2.24, 2.45) is 40.9 Å². The first-order chi connectivity index (χ1) is 65.1. The van der Waals surface area contributed by atoms with E-state index in [1.807, 2.05) is 360 Å². The zero-order chi connectivity index (χ0) is 98.6. The van der Waals surface area contributed by atoms with Crippen molar-refractivity contribution in [1.82, 2.24) is 0 Å². The molecule has 0 spiro atoms. The highest BCUT2D eigenvalue weighted by Crippen LogP contribution is 2.45. The Bertz CT molecular complexity index is 6160. The zero-order valence-electron chi connectivity index (χ0n) is 80.9. The third-order valence-electron chi connectivity index (χ3n) is 24.6. The number of carbonyl (C=O) groups is 7. The van der Waals surface area contributed by atoms with Gasteiger partial charge in [0.1, 0.15) is 41.1 Å². The van der Waals surface area contributed by atoms with Crippen LogP contribution in [0.3, 0.4) is 0 Å². The molecule has 0 aliphatic heterocycles. The zero-order valence-corrected chi connectivity index (χ0v) is 85.6. The molecule has 18 heteroatoms. The molecule has 16 aromatic rings. The van der Waals surface area contributed by atoms with Crippen molar-refractivity contribution in [2.45, 2.75) is 176 Å². The van der Waals surface area contributed by atoms with Crippen LogP contribution in [0.4, 0.5) is 0 Å². The van der Waals surface area contributed by atoms with E-state index in [0.717, 1.165) is 151 Å². The van der Waals surface area contributed by atoms with E-state index < -0.39 is 0 Å². The van der Waals surface area contributed by atoms with Gasteiger partial charge in [0.15, 0.2) is 0 Å². The summed E-state index contributed by atoms with van der Waals surface area (Å²) in [5, 5.41) is 19.6. The third-order valence-corrected chi connectivity index (χ3v) is 26.6. The van der Waals surface area contributed by atoms with Crippen LogP contribution in [0.15, 0.2) is 288 Å². The highest BCUT2D eigenvalue weighted by atomic mass is 79.9.